The number of aliphatic hydroxyl groups excluding tert-OH is 5. The molecule has 0 radical (unpaired) electrons. The largest absolute Gasteiger partial charge is 0.504 e. The van der Waals surface area contributed by atoms with E-state index in [4.69, 9.17) is 23.7 Å². The summed E-state index contributed by atoms with van der Waals surface area (Å²) in [4.78, 5) is 0. The highest BCUT2D eigenvalue weighted by molar-refractivity contribution is 5.44. The van der Waals surface area contributed by atoms with Gasteiger partial charge in [0.05, 0.1) is 39.6 Å². The van der Waals surface area contributed by atoms with Crippen LogP contribution in [0.1, 0.15) is 23.3 Å². The van der Waals surface area contributed by atoms with Crippen molar-refractivity contribution in [3.63, 3.8) is 0 Å². The third-order valence-corrected chi connectivity index (χ3v) is 7.20. The molecule has 38 heavy (non-hydrogen) atoms. The maximum Gasteiger partial charge on any atom is 0.186 e. The van der Waals surface area contributed by atoms with Crippen LogP contribution in [0.2, 0.25) is 0 Å². The molecule has 0 bridgehead atoms. The number of benzene rings is 2. The fourth-order valence-electron chi connectivity index (χ4n) is 5.06. The van der Waals surface area contributed by atoms with E-state index in [-0.39, 0.29) is 36.2 Å². The maximum atomic E-state index is 10.4. The second-order valence-electron chi connectivity index (χ2n) is 9.38. The molecule has 2 heterocycles. The number of phenols is 2. The van der Waals surface area contributed by atoms with Gasteiger partial charge in [0.1, 0.15) is 24.4 Å². The van der Waals surface area contributed by atoms with Crippen LogP contribution in [0, 0.1) is 11.8 Å². The minimum atomic E-state index is -1.60. The lowest BCUT2D eigenvalue weighted by molar-refractivity contribution is -0.304. The Morgan fingerprint density at radius 3 is 1.76 bits per heavy atom. The molecule has 2 aromatic carbocycles. The Bertz CT molecular complexity index is 1080. The average Bonchev–Trinajstić information content (AvgIpc) is 3.30. The molecule has 2 aliphatic heterocycles. The number of phenolic OH excluding ortho intramolecular Hbond substituents is 2. The van der Waals surface area contributed by atoms with E-state index in [9.17, 15) is 35.7 Å². The van der Waals surface area contributed by atoms with E-state index in [2.05, 4.69) is 0 Å². The third kappa shape index (κ3) is 5.40. The number of aliphatic hydroxyl groups is 5. The van der Waals surface area contributed by atoms with Gasteiger partial charge in [0, 0.05) is 18.4 Å². The summed E-state index contributed by atoms with van der Waals surface area (Å²) in [6, 6.07) is 9.44. The smallest absolute Gasteiger partial charge is 0.186 e. The molecule has 2 saturated heterocycles. The van der Waals surface area contributed by atoms with Crippen molar-refractivity contribution in [2.45, 2.75) is 42.9 Å². The van der Waals surface area contributed by atoms with Crippen LogP contribution >= 0.6 is 0 Å². The summed E-state index contributed by atoms with van der Waals surface area (Å²) in [7, 11) is 2.83. The van der Waals surface area contributed by atoms with Crippen molar-refractivity contribution in [1.82, 2.24) is 0 Å². The summed E-state index contributed by atoms with van der Waals surface area (Å²) >= 11 is 0. The molecule has 0 saturated carbocycles. The Balaban J connectivity index is 1.65. The topological polar surface area (TPSA) is 188 Å². The van der Waals surface area contributed by atoms with Gasteiger partial charge in [-0.05, 0) is 35.4 Å². The van der Waals surface area contributed by atoms with E-state index in [0.29, 0.717) is 11.1 Å². The Morgan fingerprint density at radius 1 is 0.711 bits per heavy atom. The summed E-state index contributed by atoms with van der Waals surface area (Å²) in [5.74, 6) is -0.758. The number of hydrogen-bond donors (Lipinski definition) is 7. The number of methoxy groups -OCH3 is 2. The number of hydrogen-bond acceptors (Lipinski definition) is 12. The SMILES string of the molecule is COc1cc(C2OC(c3ccc(O)c(OC)c3)C(COC3OC(CO)C(O)C(O)C3O)C2CO)ccc1O. The van der Waals surface area contributed by atoms with Crippen molar-refractivity contribution in [3.8, 4) is 23.0 Å². The van der Waals surface area contributed by atoms with E-state index in [0.717, 1.165) is 0 Å². The second kappa shape index (κ2) is 12.0. The van der Waals surface area contributed by atoms with Gasteiger partial charge in [0.2, 0.25) is 0 Å². The maximum absolute atomic E-state index is 10.4. The molecule has 2 aliphatic rings. The first-order valence-corrected chi connectivity index (χ1v) is 12.2. The lowest BCUT2D eigenvalue weighted by atomic mass is 9.83. The van der Waals surface area contributed by atoms with Crippen LogP contribution in [0.3, 0.4) is 0 Å². The van der Waals surface area contributed by atoms with E-state index in [1.54, 1.807) is 24.3 Å². The van der Waals surface area contributed by atoms with Crippen molar-refractivity contribution >= 4 is 0 Å². The number of aromatic hydroxyl groups is 2. The molecule has 0 aliphatic carbocycles. The van der Waals surface area contributed by atoms with E-state index >= 15 is 0 Å². The molecular weight excluding hydrogens is 504 g/mol. The molecule has 9 atom stereocenters. The highest BCUT2D eigenvalue weighted by Gasteiger charge is 2.48. The van der Waals surface area contributed by atoms with E-state index in [1.165, 1.54) is 26.4 Å². The molecule has 210 valence electrons. The molecule has 7 N–H and O–H groups in total. The summed E-state index contributed by atoms with van der Waals surface area (Å²) in [6.07, 6.45) is -8.57. The monoisotopic (exact) mass is 538 g/mol. The third-order valence-electron chi connectivity index (χ3n) is 7.20. The van der Waals surface area contributed by atoms with Gasteiger partial charge in [-0.1, -0.05) is 12.1 Å². The first-order chi connectivity index (χ1) is 18.2. The van der Waals surface area contributed by atoms with Crippen LogP contribution < -0.4 is 9.47 Å². The van der Waals surface area contributed by atoms with Crippen LogP contribution in [-0.4, -0.2) is 100 Å². The lowest BCUT2D eigenvalue weighted by Gasteiger charge is -2.40. The summed E-state index contributed by atoms with van der Waals surface area (Å²) in [5.41, 5.74) is 1.25. The van der Waals surface area contributed by atoms with Gasteiger partial charge in [0.15, 0.2) is 29.3 Å². The van der Waals surface area contributed by atoms with Crippen molar-refractivity contribution in [2.24, 2.45) is 11.8 Å². The van der Waals surface area contributed by atoms with Gasteiger partial charge < -0.3 is 59.4 Å². The first-order valence-electron chi connectivity index (χ1n) is 12.2. The van der Waals surface area contributed by atoms with Crippen LogP contribution in [0.4, 0.5) is 0 Å². The zero-order valence-corrected chi connectivity index (χ0v) is 21.0. The number of rotatable bonds is 9. The fraction of sp³-hybridized carbons (Fsp3) is 0.538. The zero-order chi connectivity index (χ0) is 27.6. The molecule has 9 unspecified atom stereocenters. The van der Waals surface area contributed by atoms with Gasteiger partial charge in [-0.3, -0.25) is 0 Å². The van der Waals surface area contributed by atoms with Crippen LogP contribution in [0.25, 0.3) is 0 Å². The average molecular weight is 539 g/mol. The van der Waals surface area contributed by atoms with Gasteiger partial charge in [-0.15, -0.1) is 0 Å². The van der Waals surface area contributed by atoms with Crippen molar-refractivity contribution < 1.29 is 59.4 Å². The molecule has 2 fully saturated rings. The van der Waals surface area contributed by atoms with E-state index < -0.39 is 61.4 Å². The lowest BCUT2D eigenvalue weighted by Crippen LogP contribution is -2.59. The van der Waals surface area contributed by atoms with Crippen LogP contribution in [-0.2, 0) is 14.2 Å². The summed E-state index contributed by atoms with van der Waals surface area (Å²) < 4.78 is 28.2. The van der Waals surface area contributed by atoms with E-state index in [1.807, 2.05) is 0 Å². The Morgan fingerprint density at radius 2 is 1.26 bits per heavy atom. The predicted octanol–water partition coefficient (Wildman–Crippen LogP) is -0.0312. The van der Waals surface area contributed by atoms with Crippen LogP contribution in [0.5, 0.6) is 23.0 Å². The fourth-order valence-corrected chi connectivity index (χ4v) is 5.06. The van der Waals surface area contributed by atoms with Crippen LogP contribution in [0.15, 0.2) is 36.4 Å². The minimum Gasteiger partial charge on any atom is -0.504 e. The predicted molar refractivity (Wildman–Crippen MR) is 130 cm³/mol. The quantitative estimate of drug-likeness (QED) is 0.226. The summed E-state index contributed by atoms with van der Waals surface area (Å²) in [6.45, 7) is -1.03. The van der Waals surface area contributed by atoms with Gasteiger partial charge in [-0.25, -0.2) is 0 Å². The van der Waals surface area contributed by atoms with Crippen molar-refractivity contribution in [3.05, 3.63) is 47.5 Å². The molecule has 0 amide bonds. The van der Waals surface area contributed by atoms with Crippen molar-refractivity contribution in [1.29, 1.82) is 0 Å². The Hall–Kier alpha value is -2.68. The summed E-state index contributed by atoms with van der Waals surface area (Å²) in [5, 5.41) is 70.6. The van der Waals surface area contributed by atoms with Gasteiger partial charge in [0.25, 0.3) is 0 Å². The standard InChI is InChI=1S/C26H34O12/c1-34-18-7-12(3-5-16(18)29)24-14(9-27)15(25(38-24)13-4-6-17(30)19(8-13)35-2)11-36-26-23(33)22(32)21(31)20(10-28)37-26/h3-8,14-15,20-33H,9-11H2,1-2H3. The Kier molecular flexibility index (Phi) is 8.96. The highest BCUT2D eigenvalue weighted by atomic mass is 16.7. The molecule has 12 nitrogen and oxygen atoms in total. The zero-order valence-electron chi connectivity index (χ0n) is 21.0. The number of ether oxygens (including phenoxy) is 5. The highest BCUT2D eigenvalue weighted by Crippen LogP contribution is 2.51. The molecule has 4 rings (SSSR count). The molecule has 0 spiro atoms. The second-order valence-corrected chi connectivity index (χ2v) is 9.38. The minimum absolute atomic E-state index is 0.0582. The van der Waals surface area contributed by atoms with Gasteiger partial charge >= 0.3 is 0 Å². The molecular formula is C26H34O12. The normalized spacial score (nSPS) is 33.3. The molecule has 0 aromatic heterocycles. The Labute approximate surface area is 219 Å². The molecule has 2 aromatic rings. The molecule has 12 heteroatoms. The van der Waals surface area contributed by atoms with Gasteiger partial charge in [-0.2, -0.15) is 0 Å². The van der Waals surface area contributed by atoms with Crippen molar-refractivity contribution in [2.75, 3.05) is 34.0 Å². The first kappa shape index (κ1) is 28.3.